The summed E-state index contributed by atoms with van der Waals surface area (Å²) in [6.45, 7) is 13.9. The molecule has 178 valence electrons. The molecule has 1 saturated heterocycles. The smallest absolute Gasteiger partial charge is 0.243 e. The van der Waals surface area contributed by atoms with Crippen LogP contribution >= 0.6 is 0 Å². The molecule has 7 heteroatoms. The van der Waals surface area contributed by atoms with Crippen LogP contribution in [0.3, 0.4) is 0 Å². The Labute approximate surface area is 194 Å². The first-order valence-electron chi connectivity index (χ1n) is 11.7. The van der Waals surface area contributed by atoms with Gasteiger partial charge in [0.25, 0.3) is 0 Å². The molecule has 0 bridgehead atoms. The number of hydrogen-bond donors (Lipinski definition) is 1. The minimum atomic E-state index is -3.40. The van der Waals surface area contributed by atoms with Crippen LogP contribution in [-0.2, 0) is 14.8 Å². The number of ether oxygens (including phenoxy) is 1. The SMILES string of the molecule is CC(C)COC1=CC=CC(C)(CNC(C)CN2CCN(S(=O)(=O)c3ccccc3)CC2)C1. The largest absolute Gasteiger partial charge is 0.498 e. The van der Waals surface area contributed by atoms with Gasteiger partial charge in [-0.05, 0) is 31.1 Å². The van der Waals surface area contributed by atoms with E-state index in [9.17, 15) is 8.42 Å². The number of nitrogens with zero attached hydrogens (tertiary/aromatic N) is 2. The molecule has 0 aromatic heterocycles. The van der Waals surface area contributed by atoms with Crippen molar-refractivity contribution in [3.05, 3.63) is 54.3 Å². The maximum absolute atomic E-state index is 12.8. The predicted molar refractivity (Wildman–Crippen MR) is 130 cm³/mol. The summed E-state index contributed by atoms with van der Waals surface area (Å²) in [4.78, 5) is 2.73. The highest BCUT2D eigenvalue weighted by Gasteiger charge is 2.30. The fourth-order valence-corrected chi connectivity index (χ4v) is 5.59. The standard InChI is InChI=1S/C25H39N3O3S/c1-21(2)19-31-23-9-8-12-25(4,17-23)20-26-22(3)18-27-13-15-28(16-14-27)32(29,30)24-10-6-5-7-11-24/h5-12,21-22,26H,13-20H2,1-4H3. The maximum atomic E-state index is 12.8. The van der Waals surface area contributed by atoms with E-state index >= 15 is 0 Å². The van der Waals surface area contributed by atoms with Crippen LogP contribution in [0.5, 0.6) is 0 Å². The predicted octanol–water partition coefficient (Wildman–Crippen LogP) is 3.49. The molecular formula is C25H39N3O3S. The summed E-state index contributed by atoms with van der Waals surface area (Å²) < 4.78 is 33.2. The van der Waals surface area contributed by atoms with Crippen LogP contribution in [0.2, 0.25) is 0 Å². The molecule has 1 N–H and O–H groups in total. The van der Waals surface area contributed by atoms with Crippen molar-refractivity contribution in [1.82, 2.24) is 14.5 Å². The molecule has 2 unspecified atom stereocenters. The van der Waals surface area contributed by atoms with Gasteiger partial charge >= 0.3 is 0 Å². The number of rotatable bonds is 10. The van der Waals surface area contributed by atoms with Crippen LogP contribution < -0.4 is 5.32 Å². The van der Waals surface area contributed by atoms with E-state index in [0.29, 0.717) is 29.9 Å². The highest BCUT2D eigenvalue weighted by atomic mass is 32.2. The van der Waals surface area contributed by atoms with E-state index in [4.69, 9.17) is 4.74 Å². The van der Waals surface area contributed by atoms with E-state index in [1.165, 1.54) is 0 Å². The van der Waals surface area contributed by atoms with Gasteiger partial charge in [0, 0.05) is 57.1 Å². The molecule has 2 atom stereocenters. The van der Waals surface area contributed by atoms with Crippen molar-refractivity contribution in [3.8, 4) is 0 Å². The van der Waals surface area contributed by atoms with Crippen molar-refractivity contribution < 1.29 is 13.2 Å². The lowest BCUT2D eigenvalue weighted by molar-refractivity contribution is 0.148. The van der Waals surface area contributed by atoms with Crippen molar-refractivity contribution >= 4 is 10.0 Å². The number of nitrogens with one attached hydrogen (secondary N) is 1. The van der Waals surface area contributed by atoms with Crippen molar-refractivity contribution in [2.75, 3.05) is 45.9 Å². The Morgan fingerprint density at radius 3 is 2.44 bits per heavy atom. The Balaban J connectivity index is 1.42. The second-order valence-corrected chi connectivity index (χ2v) is 11.8. The zero-order chi connectivity index (χ0) is 23.2. The van der Waals surface area contributed by atoms with Gasteiger partial charge < -0.3 is 10.1 Å². The Hall–Kier alpha value is -1.67. The average molecular weight is 462 g/mol. The summed E-state index contributed by atoms with van der Waals surface area (Å²) in [5.74, 6) is 1.59. The number of benzene rings is 1. The van der Waals surface area contributed by atoms with Crippen LogP contribution in [0.25, 0.3) is 0 Å². The van der Waals surface area contributed by atoms with Gasteiger partial charge in [-0.15, -0.1) is 0 Å². The second kappa shape index (κ2) is 11.0. The third-order valence-electron chi connectivity index (χ3n) is 6.06. The minimum absolute atomic E-state index is 0.0395. The fraction of sp³-hybridized carbons (Fsp3) is 0.600. The summed E-state index contributed by atoms with van der Waals surface area (Å²) in [5, 5.41) is 3.69. The van der Waals surface area contributed by atoms with Crippen LogP contribution in [0, 0.1) is 11.3 Å². The van der Waals surface area contributed by atoms with E-state index < -0.39 is 10.0 Å². The van der Waals surface area contributed by atoms with Crippen molar-refractivity contribution in [2.24, 2.45) is 11.3 Å². The van der Waals surface area contributed by atoms with Crippen LogP contribution in [0.15, 0.2) is 59.2 Å². The van der Waals surface area contributed by atoms with E-state index in [-0.39, 0.29) is 5.41 Å². The molecule has 1 aliphatic carbocycles. The molecular weight excluding hydrogens is 422 g/mol. The lowest BCUT2D eigenvalue weighted by atomic mass is 9.82. The molecule has 2 aliphatic rings. The molecule has 1 aliphatic heterocycles. The first kappa shape index (κ1) is 25.0. The first-order valence-corrected chi connectivity index (χ1v) is 13.1. The van der Waals surface area contributed by atoms with Crippen LogP contribution in [-0.4, -0.2) is 69.5 Å². The number of allylic oxidation sites excluding steroid dienone is 3. The van der Waals surface area contributed by atoms with Crippen molar-refractivity contribution in [1.29, 1.82) is 0 Å². The third-order valence-corrected chi connectivity index (χ3v) is 7.97. The molecule has 0 amide bonds. The zero-order valence-corrected chi connectivity index (χ0v) is 20.8. The highest BCUT2D eigenvalue weighted by Crippen LogP contribution is 2.31. The van der Waals surface area contributed by atoms with Gasteiger partial charge in [0.2, 0.25) is 10.0 Å². The molecule has 32 heavy (non-hydrogen) atoms. The highest BCUT2D eigenvalue weighted by molar-refractivity contribution is 7.89. The summed E-state index contributed by atoms with van der Waals surface area (Å²) in [5.41, 5.74) is 0.0395. The molecule has 0 saturated carbocycles. The first-order chi connectivity index (χ1) is 15.2. The normalized spacial score (nSPS) is 23.8. The Bertz CT molecular complexity index is 890. The molecule has 0 spiro atoms. The maximum Gasteiger partial charge on any atom is 0.243 e. The second-order valence-electron chi connectivity index (χ2n) is 9.83. The topological polar surface area (TPSA) is 61.9 Å². The quantitative estimate of drug-likeness (QED) is 0.578. The van der Waals surface area contributed by atoms with E-state index in [0.717, 1.165) is 45.0 Å². The fourth-order valence-electron chi connectivity index (χ4n) is 4.15. The Morgan fingerprint density at radius 2 is 1.78 bits per heavy atom. The molecule has 3 rings (SSSR count). The average Bonchev–Trinajstić information content (AvgIpc) is 2.77. The van der Waals surface area contributed by atoms with Crippen molar-refractivity contribution in [3.63, 3.8) is 0 Å². The van der Waals surface area contributed by atoms with Gasteiger partial charge in [-0.1, -0.05) is 51.1 Å². The zero-order valence-electron chi connectivity index (χ0n) is 20.0. The molecule has 1 fully saturated rings. The van der Waals surface area contributed by atoms with Gasteiger partial charge in [0.05, 0.1) is 17.3 Å². The number of hydrogen-bond acceptors (Lipinski definition) is 5. The van der Waals surface area contributed by atoms with Crippen LogP contribution in [0.4, 0.5) is 0 Å². The van der Waals surface area contributed by atoms with E-state index in [2.05, 4.69) is 56.1 Å². The molecule has 1 heterocycles. The summed E-state index contributed by atoms with van der Waals surface area (Å²) in [6.07, 6.45) is 7.36. The number of sulfonamides is 1. The molecule has 1 aromatic carbocycles. The van der Waals surface area contributed by atoms with E-state index in [1.807, 2.05) is 6.07 Å². The van der Waals surface area contributed by atoms with Crippen LogP contribution in [0.1, 0.15) is 34.1 Å². The lowest BCUT2D eigenvalue weighted by Crippen LogP contribution is -2.52. The van der Waals surface area contributed by atoms with Crippen molar-refractivity contribution in [2.45, 2.75) is 45.1 Å². The van der Waals surface area contributed by atoms with Gasteiger partial charge in [0.1, 0.15) is 0 Å². The van der Waals surface area contributed by atoms with Gasteiger partial charge in [0.15, 0.2) is 0 Å². The van der Waals surface area contributed by atoms with E-state index in [1.54, 1.807) is 28.6 Å². The van der Waals surface area contributed by atoms with Gasteiger partial charge in [-0.3, -0.25) is 4.90 Å². The number of piperazine rings is 1. The van der Waals surface area contributed by atoms with Gasteiger partial charge in [-0.25, -0.2) is 8.42 Å². The lowest BCUT2D eigenvalue weighted by Gasteiger charge is -2.36. The molecule has 1 aromatic rings. The molecule has 6 nitrogen and oxygen atoms in total. The summed E-state index contributed by atoms with van der Waals surface area (Å²) >= 11 is 0. The van der Waals surface area contributed by atoms with Gasteiger partial charge in [-0.2, -0.15) is 4.31 Å². The third kappa shape index (κ3) is 6.91. The monoisotopic (exact) mass is 461 g/mol. The molecule has 0 radical (unpaired) electrons. The Kier molecular flexibility index (Phi) is 8.55. The summed E-state index contributed by atoms with van der Waals surface area (Å²) in [7, 11) is -3.40. The minimum Gasteiger partial charge on any atom is -0.498 e. The summed E-state index contributed by atoms with van der Waals surface area (Å²) in [6, 6.07) is 9.04. The Morgan fingerprint density at radius 1 is 1.09 bits per heavy atom.